The van der Waals surface area contributed by atoms with Gasteiger partial charge in [0.25, 0.3) is 0 Å². The summed E-state index contributed by atoms with van der Waals surface area (Å²) in [4.78, 5) is 13.6. The minimum absolute atomic E-state index is 0.0138. The highest BCUT2D eigenvalue weighted by atomic mass is 16.3. The third kappa shape index (κ3) is 5.59. The van der Waals surface area contributed by atoms with Crippen LogP contribution in [0.1, 0.15) is 26.2 Å². The SMILES string of the molecule is CCCCC(=O)Nc1cccc(N(CCO)CCO)c1. The van der Waals surface area contributed by atoms with E-state index in [-0.39, 0.29) is 19.1 Å². The summed E-state index contributed by atoms with van der Waals surface area (Å²) in [6.45, 7) is 3.00. The van der Waals surface area contributed by atoms with Gasteiger partial charge in [0.15, 0.2) is 0 Å². The molecule has 1 rings (SSSR count). The highest BCUT2D eigenvalue weighted by Gasteiger charge is 2.07. The number of nitrogens with one attached hydrogen (secondary N) is 1. The van der Waals surface area contributed by atoms with Crippen molar-refractivity contribution < 1.29 is 15.0 Å². The number of hydrogen-bond donors (Lipinski definition) is 3. The highest BCUT2D eigenvalue weighted by molar-refractivity contribution is 5.91. The predicted octanol–water partition coefficient (Wildman–Crippen LogP) is 1.61. The number of carbonyl (C=O) groups excluding carboxylic acids is 1. The molecule has 0 atom stereocenters. The molecule has 0 unspecified atom stereocenters. The maximum Gasteiger partial charge on any atom is 0.224 e. The number of rotatable bonds is 9. The Morgan fingerprint density at radius 3 is 2.55 bits per heavy atom. The fourth-order valence-corrected chi connectivity index (χ4v) is 1.95. The first-order valence-electron chi connectivity index (χ1n) is 7.07. The third-order valence-electron chi connectivity index (χ3n) is 2.99. The Morgan fingerprint density at radius 2 is 1.95 bits per heavy atom. The van der Waals surface area contributed by atoms with Gasteiger partial charge in [-0.1, -0.05) is 19.4 Å². The van der Waals surface area contributed by atoms with Gasteiger partial charge in [0.2, 0.25) is 5.91 Å². The largest absolute Gasteiger partial charge is 0.395 e. The summed E-state index contributed by atoms with van der Waals surface area (Å²) in [5.41, 5.74) is 1.62. The number of anilines is 2. The molecule has 0 saturated carbocycles. The molecule has 0 saturated heterocycles. The first-order chi connectivity index (χ1) is 9.71. The molecular weight excluding hydrogens is 256 g/mol. The van der Waals surface area contributed by atoms with Gasteiger partial charge >= 0.3 is 0 Å². The second-order valence-corrected chi connectivity index (χ2v) is 4.64. The number of aliphatic hydroxyl groups is 2. The van der Waals surface area contributed by atoms with Crippen molar-refractivity contribution in [3.8, 4) is 0 Å². The van der Waals surface area contributed by atoms with Gasteiger partial charge in [-0.15, -0.1) is 0 Å². The molecule has 1 amide bonds. The molecule has 5 nitrogen and oxygen atoms in total. The lowest BCUT2D eigenvalue weighted by molar-refractivity contribution is -0.116. The van der Waals surface area contributed by atoms with Gasteiger partial charge in [-0.25, -0.2) is 0 Å². The lowest BCUT2D eigenvalue weighted by atomic mass is 10.2. The van der Waals surface area contributed by atoms with Crippen molar-refractivity contribution in [2.24, 2.45) is 0 Å². The Labute approximate surface area is 120 Å². The molecule has 0 bridgehead atoms. The molecular formula is C15H24N2O3. The summed E-state index contributed by atoms with van der Waals surface area (Å²) < 4.78 is 0. The van der Waals surface area contributed by atoms with Crippen LogP contribution in [0.4, 0.5) is 11.4 Å². The summed E-state index contributed by atoms with van der Waals surface area (Å²) in [6.07, 6.45) is 2.40. The molecule has 0 spiro atoms. The summed E-state index contributed by atoms with van der Waals surface area (Å²) in [6, 6.07) is 7.44. The van der Waals surface area contributed by atoms with E-state index in [1.165, 1.54) is 0 Å². The normalized spacial score (nSPS) is 10.3. The van der Waals surface area contributed by atoms with Gasteiger partial charge in [0.1, 0.15) is 0 Å². The van der Waals surface area contributed by atoms with E-state index in [1.807, 2.05) is 29.2 Å². The van der Waals surface area contributed by atoms with Crippen molar-refractivity contribution in [3.63, 3.8) is 0 Å². The van der Waals surface area contributed by atoms with E-state index in [0.29, 0.717) is 19.5 Å². The van der Waals surface area contributed by atoms with E-state index in [9.17, 15) is 4.79 Å². The zero-order chi connectivity index (χ0) is 14.8. The van der Waals surface area contributed by atoms with E-state index in [4.69, 9.17) is 10.2 Å². The van der Waals surface area contributed by atoms with Crippen LogP contribution in [-0.4, -0.2) is 42.4 Å². The minimum atomic E-state index is 0.0138. The molecule has 0 aromatic heterocycles. The maximum atomic E-state index is 11.7. The topological polar surface area (TPSA) is 72.8 Å². The lowest BCUT2D eigenvalue weighted by Gasteiger charge is -2.23. The zero-order valence-electron chi connectivity index (χ0n) is 12.0. The van der Waals surface area contributed by atoms with Crippen LogP contribution < -0.4 is 10.2 Å². The molecule has 112 valence electrons. The Morgan fingerprint density at radius 1 is 1.25 bits per heavy atom. The molecule has 0 aliphatic rings. The smallest absolute Gasteiger partial charge is 0.224 e. The van der Waals surface area contributed by atoms with Gasteiger partial charge in [-0.2, -0.15) is 0 Å². The Kier molecular flexibility index (Phi) is 7.69. The van der Waals surface area contributed by atoms with Crippen molar-refractivity contribution >= 4 is 17.3 Å². The van der Waals surface area contributed by atoms with E-state index in [1.54, 1.807) is 0 Å². The molecule has 0 heterocycles. The number of nitrogens with zero attached hydrogens (tertiary/aromatic N) is 1. The van der Waals surface area contributed by atoms with E-state index < -0.39 is 0 Å². The summed E-state index contributed by atoms with van der Waals surface area (Å²) in [7, 11) is 0. The van der Waals surface area contributed by atoms with Crippen LogP contribution in [0.15, 0.2) is 24.3 Å². The minimum Gasteiger partial charge on any atom is -0.395 e. The van der Waals surface area contributed by atoms with Crippen LogP contribution in [0.3, 0.4) is 0 Å². The van der Waals surface area contributed by atoms with E-state index in [0.717, 1.165) is 24.2 Å². The Hall–Kier alpha value is -1.59. The molecule has 1 aromatic rings. The fraction of sp³-hybridized carbons (Fsp3) is 0.533. The van der Waals surface area contributed by atoms with Crippen LogP contribution >= 0.6 is 0 Å². The van der Waals surface area contributed by atoms with Crippen LogP contribution in [-0.2, 0) is 4.79 Å². The summed E-state index contributed by atoms with van der Waals surface area (Å²) >= 11 is 0. The maximum absolute atomic E-state index is 11.7. The summed E-state index contributed by atoms with van der Waals surface area (Å²) in [5.74, 6) is 0.0138. The summed E-state index contributed by atoms with van der Waals surface area (Å²) in [5, 5.41) is 21.0. The Balaban J connectivity index is 2.70. The van der Waals surface area contributed by atoms with Gasteiger partial charge in [0.05, 0.1) is 13.2 Å². The van der Waals surface area contributed by atoms with Crippen LogP contribution in [0.25, 0.3) is 0 Å². The third-order valence-corrected chi connectivity index (χ3v) is 2.99. The molecule has 0 aliphatic heterocycles. The quantitative estimate of drug-likeness (QED) is 0.642. The van der Waals surface area contributed by atoms with Gasteiger partial charge < -0.3 is 20.4 Å². The number of benzene rings is 1. The van der Waals surface area contributed by atoms with Crippen molar-refractivity contribution in [3.05, 3.63) is 24.3 Å². The predicted molar refractivity (Wildman–Crippen MR) is 81.0 cm³/mol. The standard InChI is InChI=1S/C15H24N2O3/c1-2-3-7-15(20)16-13-5-4-6-14(12-13)17(8-10-18)9-11-19/h4-6,12,18-19H,2-3,7-11H2,1H3,(H,16,20). The second-order valence-electron chi connectivity index (χ2n) is 4.64. The first kappa shape index (κ1) is 16.5. The van der Waals surface area contributed by atoms with E-state index in [2.05, 4.69) is 12.2 Å². The number of hydrogen-bond acceptors (Lipinski definition) is 4. The van der Waals surface area contributed by atoms with Crippen molar-refractivity contribution in [2.45, 2.75) is 26.2 Å². The zero-order valence-corrected chi connectivity index (χ0v) is 12.0. The molecule has 1 aromatic carbocycles. The van der Waals surface area contributed by atoms with E-state index >= 15 is 0 Å². The van der Waals surface area contributed by atoms with Crippen LogP contribution in [0.2, 0.25) is 0 Å². The van der Waals surface area contributed by atoms with Crippen molar-refractivity contribution in [2.75, 3.05) is 36.5 Å². The number of amides is 1. The number of aliphatic hydroxyl groups excluding tert-OH is 2. The molecule has 0 radical (unpaired) electrons. The molecule has 3 N–H and O–H groups in total. The van der Waals surface area contributed by atoms with Crippen LogP contribution in [0, 0.1) is 0 Å². The van der Waals surface area contributed by atoms with Gasteiger partial charge in [0, 0.05) is 30.9 Å². The molecule has 0 aliphatic carbocycles. The average molecular weight is 280 g/mol. The monoisotopic (exact) mass is 280 g/mol. The Bertz CT molecular complexity index is 404. The van der Waals surface area contributed by atoms with Gasteiger partial charge in [-0.05, 0) is 24.6 Å². The first-order valence-corrected chi connectivity index (χ1v) is 7.07. The van der Waals surface area contributed by atoms with Crippen LogP contribution in [0.5, 0.6) is 0 Å². The van der Waals surface area contributed by atoms with Crippen molar-refractivity contribution in [1.82, 2.24) is 0 Å². The number of unbranched alkanes of at least 4 members (excludes halogenated alkanes) is 1. The molecule has 0 fully saturated rings. The van der Waals surface area contributed by atoms with Crippen molar-refractivity contribution in [1.29, 1.82) is 0 Å². The van der Waals surface area contributed by atoms with Gasteiger partial charge in [-0.3, -0.25) is 4.79 Å². The molecule has 5 heteroatoms. The number of carbonyl (C=O) groups is 1. The second kappa shape index (κ2) is 9.34. The fourth-order valence-electron chi connectivity index (χ4n) is 1.95. The molecule has 20 heavy (non-hydrogen) atoms. The highest BCUT2D eigenvalue weighted by Crippen LogP contribution is 2.19. The average Bonchev–Trinajstić information content (AvgIpc) is 2.45. The lowest BCUT2D eigenvalue weighted by Crippen LogP contribution is -2.29.